The molecule has 0 aromatic heterocycles. The molecule has 1 atom stereocenters. The Morgan fingerprint density at radius 1 is 1.35 bits per heavy atom. The largest absolute Gasteiger partial charge is 0.378 e. The zero-order chi connectivity index (χ0) is 17.1. The molecular formula is C13H19ClN2O5S2. The van der Waals surface area contributed by atoms with E-state index in [0.717, 1.165) is 0 Å². The topological polar surface area (TPSA) is 92.8 Å². The van der Waals surface area contributed by atoms with Crippen LogP contribution in [0.3, 0.4) is 0 Å². The van der Waals surface area contributed by atoms with Gasteiger partial charge in [0, 0.05) is 24.2 Å². The van der Waals surface area contributed by atoms with Crippen molar-refractivity contribution in [2.45, 2.75) is 17.9 Å². The first-order valence-electron chi connectivity index (χ1n) is 7.05. The zero-order valence-electron chi connectivity index (χ0n) is 12.6. The highest BCUT2D eigenvalue weighted by molar-refractivity contribution is 7.90. The summed E-state index contributed by atoms with van der Waals surface area (Å²) in [6.45, 7) is 2.52. The summed E-state index contributed by atoms with van der Waals surface area (Å²) in [5, 5.41) is 0.294. The molecule has 1 aliphatic rings. The van der Waals surface area contributed by atoms with Crippen LogP contribution in [0.4, 0.5) is 0 Å². The average molecular weight is 383 g/mol. The highest BCUT2D eigenvalue weighted by atomic mass is 35.5. The number of ether oxygens (including phenoxy) is 1. The lowest BCUT2D eigenvalue weighted by molar-refractivity contribution is 0.0393. The van der Waals surface area contributed by atoms with Crippen molar-refractivity contribution in [1.82, 2.24) is 9.03 Å². The first-order chi connectivity index (χ1) is 10.7. The van der Waals surface area contributed by atoms with Crippen molar-refractivity contribution >= 4 is 31.6 Å². The number of halogens is 1. The van der Waals surface area contributed by atoms with E-state index in [1.54, 1.807) is 13.0 Å². The lowest BCUT2D eigenvalue weighted by atomic mass is 10.3. The minimum atomic E-state index is -3.79. The molecule has 0 bridgehead atoms. The summed E-state index contributed by atoms with van der Waals surface area (Å²) in [6, 6.07) is 5.53. The van der Waals surface area contributed by atoms with E-state index < -0.39 is 20.0 Å². The Hall–Kier alpha value is -0.710. The van der Waals surface area contributed by atoms with E-state index in [0.29, 0.717) is 18.2 Å². The average Bonchev–Trinajstić information content (AvgIpc) is 2.47. The van der Waals surface area contributed by atoms with Crippen LogP contribution in [0.1, 0.15) is 6.92 Å². The molecular weight excluding hydrogens is 364 g/mol. The lowest BCUT2D eigenvalue weighted by Gasteiger charge is -2.32. The lowest BCUT2D eigenvalue weighted by Crippen LogP contribution is -2.49. The number of sulfonamides is 2. The maximum absolute atomic E-state index is 12.3. The van der Waals surface area contributed by atoms with E-state index in [4.69, 9.17) is 16.3 Å². The van der Waals surface area contributed by atoms with Gasteiger partial charge in [0.05, 0.1) is 23.9 Å². The summed E-state index contributed by atoms with van der Waals surface area (Å²) in [5.41, 5.74) is 0. The molecule has 1 aromatic rings. The number of nitrogens with one attached hydrogen (secondary N) is 1. The Morgan fingerprint density at radius 3 is 2.74 bits per heavy atom. The maximum atomic E-state index is 12.3. The van der Waals surface area contributed by atoms with Crippen LogP contribution in [-0.4, -0.2) is 59.2 Å². The Labute approximate surface area is 141 Å². The number of hydrogen-bond acceptors (Lipinski definition) is 5. The van der Waals surface area contributed by atoms with Crippen molar-refractivity contribution in [3.8, 4) is 0 Å². The van der Waals surface area contributed by atoms with E-state index >= 15 is 0 Å². The van der Waals surface area contributed by atoms with Gasteiger partial charge in [-0.25, -0.2) is 21.6 Å². The van der Waals surface area contributed by atoms with E-state index in [9.17, 15) is 16.8 Å². The van der Waals surface area contributed by atoms with Gasteiger partial charge in [-0.3, -0.25) is 0 Å². The Morgan fingerprint density at radius 2 is 2.09 bits per heavy atom. The SMILES string of the molecule is CC1COCCN1S(=O)(=O)CCNS(=O)(=O)c1cccc(Cl)c1. The van der Waals surface area contributed by atoms with Gasteiger partial charge in [-0.05, 0) is 25.1 Å². The van der Waals surface area contributed by atoms with E-state index in [1.807, 2.05) is 0 Å². The van der Waals surface area contributed by atoms with Crippen molar-refractivity contribution in [2.24, 2.45) is 0 Å². The van der Waals surface area contributed by atoms with Crippen LogP contribution < -0.4 is 4.72 Å². The van der Waals surface area contributed by atoms with Crippen LogP contribution in [0.5, 0.6) is 0 Å². The molecule has 1 heterocycles. The molecule has 7 nitrogen and oxygen atoms in total. The first-order valence-corrected chi connectivity index (χ1v) is 10.5. The van der Waals surface area contributed by atoms with Gasteiger partial charge in [-0.2, -0.15) is 4.31 Å². The zero-order valence-corrected chi connectivity index (χ0v) is 15.0. The van der Waals surface area contributed by atoms with E-state index in [-0.39, 0.29) is 29.8 Å². The van der Waals surface area contributed by atoms with Crippen LogP contribution in [0.25, 0.3) is 0 Å². The Balaban J connectivity index is 1.98. The molecule has 2 rings (SSSR count). The molecule has 23 heavy (non-hydrogen) atoms. The fraction of sp³-hybridized carbons (Fsp3) is 0.538. The van der Waals surface area contributed by atoms with Crippen LogP contribution in [0.15, 0.2) is 29.2 Å². The predicted octanol–water partition coefficient (Wildman–Crippen LogP) is 0.669. The van der Waals surface area contributed by atoms with Gasteiger partial charge in [0.1, 0.15) is 0 Å². The van der Waals surface area contributed by atoms with Crippen molar-refractivity contribution in [1.29, 1.82) is 0 Å². The monoisotopic (exact) mass is 382 g/mol. The molecule has 10 heteroatoms. The third-order valence-electron chi connectivity index (χ3n) is 3.42. The molecule has 1 aromatic carbocycles. The Kier molecular flexibility index (Phi) is 6.04. The quantitative estimate of drug-likeness (QED) is 0.780. The molecule has 1 saturated heterocycles. The normalized spacial score (nSPS) is 20.5. The highest BCUT2D eigenvalue weighted by Crippen LogP contribution is 2.15. The predicted molar refractivity (Wildman–Crippen MR) is 87.4 cm³/mol. The van der Waals surface area contributed by atoms with Crippen molar-refractivity contribution in [3.63, 3.8) is 0 Å². The second kappa shape index (κ2) is 7.45. The summed E-state index contributed by atoms with van der Waals surface area (Å²) in [6.07, 6.45) is 0. The van der Waals surface area contributed by atoms with E-state index in [2.05, 4.69) is 4.72 Å². The molecule has 0 aliphatic carbocycles. The summed E-state index contributed by atoms with van der Waals surface area (Å²) in [7, 11) is -7.34. The fourth-order valence-electron chi connectivity index (χ4n) is 2.26. The summed E-state index contributed by atoms with van der Waals surface area (Å²) < 4.78 is 57.6. The number of rotatable bonds is 6. The summed E-state index contributed by atoms with van der Waals surface area (Å²) in [5.74, 6) is -0.308. The van der Waals surface area contributed by atoms with Gasteiger partial charge in [0.2, 0.25) is 20.0 Å². The maximum Gasteiger partial charge on any atom is 0.240 e. The van der Waals surface area contributed by atoms with Crippen LogP contribution in [0, 0.1) is 0 Å². The first kappa shape index (κ1) is 18.6. The van der Waals surface area contributed by atoms with Gasteiger partial charge in [-0.1, -0.05) is 17.7 Å². The molecule has 1 unspecified atom stereocenters. The second-order valence-corrected chi connectivity index (χ2v) is 9.45. The molecule has 0 spiro atoms. The smallest absolute Gasteiger partial charge is 0.240 e. The van der Waals surface area contributed by atoms with Crippen LogP contribution in [0.2, 0.25) is 5.02 Å². The van der Waals surface area contributed by atoms with Gasteiger partial charge in [0.15, 0.2) is 0 Å². The fourth-order valence-corrected chi connectivity index (χ4v) is 5.28. The van der Waals surface area contributed by atoms with Gasteiger partial charge < -0.3 is 4.74 Å². The number of benzene rings is 1. The van der Waals surface area contributed by atoms with Crippen molar-refractivity contribution in [2.75, 3.05) is 32.1 Å². The van der Waals surface area contributed by atoms with E-state index in [1.165, 1.54) is 22.5 Å². The standard InChI is InChI=1S/C13H19ClN2O5S2/c1-11-10-21-7-6-16(11)22(17,18)8-5-15-23(19,20)13-4-2-3-12(14)9-13/h2-4,9,11,15H,5-8,10H2,1H3. The van der Waals surface area contributed by atoms with Crippen molar-refractivity contribution < 1.29 is 21.6 Å². The third-order valence-corrected chi connectivity index (χ3v) is 7.09. The molecule has 0 amide bonds. The Bertz CT molecular complexity index is 751. The molecule has 1 aliphatic heterocycles. The van der Waals surface area contributed by atoms with Crippen molar-refractivity contribution in [3.05, 3.63) is 29.3 Å². The number of hydrogen-bond donors (Lipinski definition) is 1. The van der Waals surface area contributed by atoms with Gasteiger partial charge >= 0.3 is 0 Å². The molecule has 1 N–H and O–H groups in total. The molecule has 130 valence electrons. The molecule has 1 fully saturated rings. The second-order valence-electron chi connectivity index (χ2n) is 5.21. The number of morpholine rings is 1. The molecule has 0 radical (unpaired) electrons. The summed E-state index contributed by atoms with van der Waals surface area (Å²) in [4.78, 5) is 0.00198. The van der Waals surface area contributed by atoms with Gasteiger partial charge in [-0.15, -0.1) is 0 Å². The minimum absolute atomic E-state index is 0.00198. The van der Waals surface area contributed by atoms with Gasteiger partial charge in [0.25, 0.3) is 0 Å². The number of nitrogens with zero attached hydrogens (tertiary/aromatic N) is 1. The van der Waals surface area contributed by atoms with Crippen LogP contribution in [-0.2, 0) is 24.8 Å². The third kappa shape index (κ3) is 4.88. The molecule has 0 saturated carbocycles. The summed E-state index contributed by atoms with van der Waals surface area (Å²) >= 11 is 5.77. The minimum Gasteiger partial charge on any atom is -0.378 e. The van der Waals surface area contributed by atoms with Crippen LogP contribution >= 0.6 is 11.6 Å². The highest BCUT2D eigenvalue weighted by Gasteiger charge is 2.30.